The maximum absolute atomic E-state index is 12.9. The molecule has 1 aliphatic heterocycles. The van der Waals surface area contributed by atoms with Crippen LogP contribution in [-0.4, -0.2) is 43.0 Å². The third kappa shape index (κ3) is 5.62. The third-order valence-corrected chi connectivity index (χ3v) is 4.53. The molecule has 6 nitrogen and oxygen atoms in total. The first-order chi connectivity index (χ1) is 12.6. The molecule has 1 unspecified atom stereocenters. The summed E-state index contributed by atoms with van der Waals surface area (Å²) in [6.45, 7) is 10.8. The molecule has 1 N–H and O–H groups in total. The molecule has 2 amide bonds. The predicted molar refractivity (Wildman–Crippen MR) is 106 cm³/mol. The second kappa shape index (κ2) is 8.63. The second-order valence-electron chi connectivity index (χ2n) is 8.36. The van der Waals surface area contributed by atoms with Gasteiger partial charge in [-0.15, -0.1) is 0 Å². The van der Waals surface area contributed by atoms with E-state index in [1.165, 1.54) is 0 Å². The van der Waals surface area contributed by atoms with E-state index in [2.05, 4.69) is 5.32 Å². The highest BCUT2D eigenvalue weighted by atomic mass is 16.5. The van der Waals surface area contributed by atoms with E-state index in [4.69, 9.17) is 9.47 Å². The number of anilines is 1. The number of ether oxygens (including phenoxy) is 2. The Balaban J connectivity index is 2.13. The average molecular weight is 376 g/mol. The number of nitrogens with one attached hydrogen (secondary N) is 1. The molecular formula is C21H32N2O4. The molecule has 0 aliphatic carbocycles. The maximum Gasteiger partial charge on any atom is 0.229 e. The Bertz CT molecular complexity index is 679. The first-order valence-corrected chi connectivity index (χ1v) is 9.56. The zero-order chi connectivity index (χ0) is 20.2. The van der Waals surface area contributed by atoms with Crippen LogP contribution in [0.1, 0.15) is 47.5 Å². The van der Waals surface area contributed by atoms with Crippen LogP contribution in [0, 0.1) is 11.3 Å². The van der Waals surface area contributed by atoms with Crippen molar-refractivity contribution in [3.8, 4) is 11.5 Å². The molecule has 1 aromatic carbocycles. The van der Waals surface area contributed by atoms with Crippen molar-refractivity contribution in [3.63, 3.8) is 0 Å². The van der Waals surface area contributed by atoms with Crippen molar-refractivity contribution >= 4 is 17.5 Å². The predicted octanol–water partition coefficient (Wildman–Crippen LogP) is 3.71. The molecule has 150 valence electrons. The Morgan fingerprint density at radius 3 is 2.56 bits per heavy atom. The highest BCUT2D eigenvalue weighted by Crippen LogP contribution is 2.31. The molecule has 27 heavy (non-hydrogen) atoms. The summed E-state index contributed by atoms with van der Waals surface area (Å²) in [6, 6.07) is 5.36. The van der Waals surface area contributed by atoms with Crippen LogP contribution in [0.25, 0.3) is 0 Å². The lowest BCUT2D eigenvalue weighted by Crippen LogP contribution is -2.47. The summed E-state index contributed by atoms with van der Waals surface area (Å²) in [5.41, 5.74) is 0.149. The fourth-order valence-corrected chi connectivity index (χ4v) is 3.18. The quantitative estimate of drug-likeness (QED) is 0.851. The van der Waals surface area contributed by atoms with Crippen molar-refractivity contribution in [2.45, 2.75) is 53.6 Å². The molecule has 0 spiro atoms. The number of likely N-dealkylation sites (tertiary alicyclic amines) is 1. The number of rotatable bonds is 5. The van der Waals surface area contributed by atoms with E-state index in [0.29, 0.717) is 30.3 Å². The first-order valence-electron chi connectivity index (χ1n) is 9.56. The SMILES string of the molecule is COc1ccc(OC(C)C)c(NC(=O)C2CCCN(C(=O)C(C)(C)C)C2)c1. The van der Waals surface area contributed by atoms with Gasteiger partial charge in [-0.05, 0) is 38.8 Å². The highest BCUT2D eigenvalue weighted by Gasteiger charge is 2.33. The number of carbonyl (C=O) groups excluding carboxylic acids is 2. The van der Waals surface area contributed by atoms with Gasteiger partial charge in [-0.1, -0.05) is 20.8 Å². The summed E-state index contributed by atoms with van der Waals surface area (Å²) in [5, 5.41) is 2.98. The van der Waals surface area contributed by atoms with Gasteiger partial charge in [0.2, 0.25) is 11.8 Å². The zero-order valence-corrected chi connectivity index (χ0v) is 17.3. The Labute approximate surface area is 162 Å². The number of amides is 2. The zero-order valence-electron chi connectivity index (χ0n) is 17.3. The van der Waals surface area contributed by atoms with E-state index in [0.717, 1.165) is 12.8 Å². The van der Waals surface area contributed by atoms with E-state index in [-0.39, 0.29) is 23.8 Å². The van der Waals surface area contributed by atoms with Crippen molar-refractivity contribution < 1.29 is 19.1 Å². The molecule has 1 saturated heterocycles. The van der Waals surface area contributed by atoms with Gasteiger partial charge >= 0.3 is 0 Å². The Kier molecular flexibility index (Phi) is 6.73. The Hall–Kier alpha value is -2.24. The normalized spacial score (nSPS) is 17.6. The molecule has 1 atom stereocenters. The molecule has 1 fully saturated rings. The fourth-order valence-electron chi connectivity index (χ4n) is 3.18. The molecule has 0 saturated carbocycles. The fraction of sp³-hybridized carbons (Fsp3) is 0.619. The molecule has 0 bridgehead atoms. The van der Waals surface area contributed by atoms with E-state index in [9.17, 15) is 9.59 Å². The minimum atomic E-state index is -0.441. The third-order valence-electron chi connectivity index (χ3n) is 4.53. The van der Waals surface area contributed by atoms with Gasteiger partial charge in [-0.2, -0.15) is 0 Å². The van der Waals surface area contributed by atoms with Crippen molar-refractivity contribution in [1.29, 1.82) is 0 Å². The van der Waals surface area contributed by atoms with Crippen LogP contribution in [0.15, 0.2) is 18.2 Å². The van der Waals surface area contributed by atoms with Crippen LogP contribution in [0.2, 0.25) is 0 Å². The van der Waals surface area contributed by atoms with Crippen LogP contribution in [0.5, 0.6) is 11.5 Å². The lowest BCUT2D eigenvalue weighted by molar-refractivity contribution is -0.142. The van der Waals surface area contributed by atoms with Gasteiger partial charge in [0.15, 0.2) is 0 Å². The highest BCUT2D eigenvalue weighted by molar-refractivity contribution is 5.95. The molecule has 1 heterocycles. The van der Waals surface area contributed by atoms with E-state index >= 15 is 0 Å². The van der Waals surface area contributed by atoms with Gasteiger partial charge < -0.3 is 19.7 Å². The lowest BCUT2D eigenvalue weighted by Gasteiger charge is -2.36. The molecule has 2 rings (SSSR count). The number of hydrogen-bond acceptors (Lipinski definition) is 4. The van der Waals surface area contributed by atoms with Crippen LogP contribution in [0.3, 0.4) is 0 Å². The summed E-state index contributed by atoms with van der Waals surface area (Å²) in [7, 11) is 1.58. The number of hydrogen-bond donors (Lipinski definition) is 1. The molecule has 1 aliphatic rings. The largest absolute Gasteiger partial charge is 0.497 e. The van der Waals surface area contributed by atoms with Crippen molar-refractivity contribution in [2.24, 2.45) is 11.3 Å². The summed E-state index contributed by atoms with van der Waals surface area (Å²) < 4.78 is 11.1. The Morgan fingerprint density at radius 1 is 1.26 bits per heavy atom. The van der Waals surface area contributed by atoms with Gasteiger partial charge in [0.25, 0.3) is 0 Å². The van der Waals surface area contributed by atoms with Gasteiger partial charge in [0.1, 0.15) is 11.5 Å². The monoisotopic (exact) mass is 376 g/mol. The number of nitrogens with zero attached hydrogens (tertiary/aromatic N) is 1. The molecule has 0 radical (unpaired) electrons. The summed E-state index contributed by atoms with van der Waals surface area (Å²) in [5.74, 6) is 1.02. The molecule has 0 aromatic heterocycles. The Morgan fingerprint density at radius 2 is 1.96 bits per heavy atom. The number of piperidine rings is 1. The summed E-state index contributed by atoms with van der Waals surface area (Å²) >= 11 is 0. The van der Waals surface area contributed by atoms with Crippen molar-refractivity contribution in [1.82, 2.24) is 4.90 Å². The molecule has 1 aromatic rings. The lowest BCUT2D eigenvalue weighted by atomic mass is 9.91. The van der Waals surface area contributed by atoms with Gasteiger partial charge in [0.05, 0.1) is 24.8 Å². The smallest absolute Gasteiger partial charge is 0.229 e. The van der Waals surface area contributed by atoms with Gasteiger partial charge in [0, 0.05) is 24.6 Å². The number of methoxy groups -OCH3 is 1. The first kappa shape index (κ1) is 21.1. The van der Waals surface area contributed by atoms with Gasteiger partial charge in [-0.25, -0.2) is 0 Å². The topological polar surface area (TPSA) is 67.9 Å². The van der Waals surface area contributed by atoms with Crippen LogP contribution in [-0.2, 0) is 9.59 Å². The standard InChI is InChI=1S/C21H32N2O4/c1-14(2)27-18-10-9-16(26-6)12-17(18)22-19(24)15-8-7-11-23(13-15)20(25)21(3,4)5/h9-10,12,14-15H,7-8,11,13H2,1-6H3,(H,22,24). The van der Waals surface area contributed by atoms with Crippen LogP contribution < -0.4 is 14.8 Å². The van der Waals surface area contributed by atoms with Crippen LogP contribution >= 0.6 is 0 Å². The number of benzene rings is 1. The second-order valence-corrected chi connectivity index (χ2v) is 8.36. The summed E-state index contributed by atoms with van der Waals surface area (Å²) in [4.78, 5) is 27.3. The molecular weight excluding hydrogens is 344 g/mol. The minimum Gasteiger partial charge on any atom is -0.497 e. The van der Waals surface area contributed by atoms with E-state index in [1.807, 2.05) is 39.5 Å². The van der Waals surface area contributed by atoms with E-state index < -0.39 is 5.41 Å². The average Bonchev–Trinajstić information content (AvgIpc) is 2.61. The van der Waals surface area contributed by atoms with Crippen molar-refractivity contribution in [2.75, 3.05) is 25.5 Å². The maximum atomic E-state index is 12.9. The summed E-state index contributed by atoms with van der Waals surface area (Å²) in [6.07, 6.45) is 1.58. The van der Waals surface area contributed by atoms with Crippen LogP contribution in [0.4, 0.5) is 5.69 Å². The van der Waals surface area contributed by atoms with Crippen molar-refractivity contribution in [3.05, 3.63) is 18.2 Å². The number of carbonyl (C=O) groups is 2. The van der Waals surface area contributed by atoms with Gasteiger partial charge in [-0.3, -0.25) is 9.59 Å². The van der Waals surface area contributed by atoms with E-state index in [1.54, 1.807) is 25.3 Å². The minimum absolute atomic E-state index is 0.0105. The molecule has 6 heteroatoms.